The van der Waals surface area contributed by atoms with Crippen molar-refractivity contribution in [2.45, 2.75) is 19.0 Å². The molecule has 0 aromatic rings. The summed E-state index contributed by atoms with van der Waals surface area (Å²) in [6.45, 7) is -0.827. The van der Waals surface area contributed by atoms with Gasteiger partial charge in [0.15, 0.2) is 0 Å². The fraction of sp³-hybridized carbons (Fsp3) is 0.900. The molecule has 106 valence electrons. The van der Waals surface area contributed by atoms with Gasteiger partial charge in [-0.2, -0.15) is 13.2 Å². The van der Waals surface area contributed by atoms with E-state index in [1.165, 1.54) is 4.90 Å². The number of aliphatic hydroxyl groups is 1. The Morgan fingerprint density at radius 2 is 1.89 bits per heavy atom. The van der Waals surface area contributed by atoms with Crippen LogP contribution >= 0.6 is 0 Å². The van der Waals surface area contributed by atoms with Crippen molar-refractivity contribution >= 4 is 6.09 Å². The molecule has 0 unspecified atom stereocenters. The first-order chi connectivity index (χ1) is 8.28. The average molecular weight is 270 g/mol. The maximum Gasteiger partial charge on any atom is 0.407 e. The van der Waals surface area contributed by atoms with Crippen molar-refractivity contribution in [3.8, 4) is 0 Å². The number of hydrogen-bond acceptors (Lipinski definition) is 3. The van der Waals surface area contributed by atoms with Crippen molar-refractivity contribution in [2.24, 2.45) is 5.41 Å². The molecule has 0 spiro atoms. The largest absolute Gasteiger partial charge is 0.465 e. The number of amides is 1. The van der Waals surface area contributed by atoms with Crippen LogP contribution in [0.3, 0.4) is 0 Å². The highest BCUT2D eigenvalue weighted by Crippen LogP contribution is 2.30. The lowest BCUT2D eigenvalue weighted by atomic mass is 9.79. The topological polar surface area (TPSA) is 72.8 Å². The Kier molecular flexibility index (Phi) is 4.80. The Bertz CT molecular complexity index is 289. The number of likely N-dealkylation sites (tertiary alicyclic amines) is 1. The first-order valence-corrected chi connectivity index (χ1v) is 5.64. The minimum absolute atomic E-state index is 0.0382. The third kappa shape index (κ3) is 4.34. The summed E-state index contributed by atoms with van der Waals surface area (Å²) in [7, 11) is 0. The highest BCUT2D eigenvalue weighted by atomic mass is 19.4. The van der Waals surface area contributed by atoms with Crippen LogP contribution in [-0.4, -0.2) is 60.2 Å². The zero-order chi connectivity index (χ0) is 13.8. The fourth-order valence-electron chi connectivity index (χ4n) is 2.03. The highest BCUT2D eigenvalue weighted by molar-refractivity contribution is 5.65. The predicted molar refractivity (Wildman–Crippen MR) is 57.3 cm³/mol. The zero-order valence-electron chi connectivity index (χ0n) is 9.83. The number of carboxylic acid groups (broad SMARTS) is 1. The van der Waals surface area contributed by atoms with Crippen molar-refractivity contribution < 1.29 is 28.2 Å². The second kappa shape index (κ2) is 5.75. The van der Waals surface area contributed by atoms with Crippen LogP contribution in [0.2, 0.25) is 0 Å². The third-order valence-corrected chi connectivity index (χ3v) is 3.26. The first-order valence-electron chi connectivity index (χ1n) is 5.64. The van der Waals surface area contributed by atoms with E-state index in [0.717, 1.165) is 0 Å². The van der Waals surface area contributed by atoms with E-state index in [1.54, 1.807) is 0 Å². The number of halogens is 3. The molecule has 0 atom stereocenters. The van der Waals surface area contributed by atoms with Crippen molar-refractivity contribution in [3.05, 3.63) is 0 Å². The number of hydrogen-bond donors (Lipinski definition) is 3. The Labute approximate surface area is 103 Å². The Hall–Kier alpha value is -1.02. The van der Waals surface area contributed by atoms with E-state index in [0.29, 0.717) is 12.8 Å². The minimum Gasteiger partial charge on any atom is -0.465 e. The Morgan fingerprint density at radius 3 is 2.28 bits per heavy atom. The van der Waals surface area contributed by atoms with Crippen LogP contribution in [0, 0.1) is 5.41 Å². The lowest BCUT2D eigenvalue weighted by Crippen LogP contribution is -2.49. The van der Waals surface area contributed by atoms with Crippen LogP contribution in [0.25, 0.3) is 0 Å². The van der Waals surface area contributed by atoms with Crippen molar-refractivity contribution in [1.29, 1.82) is 0 Å². The molecule has 0 radical (unpaired) electrons. The van der Waals surface area contributed by atoms with Crippen LogP contribution in [0.4, 0.5) is 18.0 Å². The van der Waals surface area contributed by atoms with Gasteiger partial charge in [0.1, 0.15) is 0 Å². The maximum atomic E-state index is 12.0. The molecule has 8 heteroatoms. The van der Waals surface area contributed by atoms with Gasteiger partial charge in [-0.1, -0.05) is 0 Å². The van der Waals surface area contributed by atoms with Gasteiger partial charge in [-0.3, -0.25) is 0 Å². The van der Waals surface area contributed by atoms with Crippen LogP contribution in [0.1, 0.15) is 12.8 Å². The van der Waals surface area contributed by atoms with Gasteiger partial charge in [-0.25, -0.2) is 4.79 Å². The predicted octanol–water partition coefficient (Wildman–Crippen LogP) is 0.891. The van der Waals surface area contributed by atoms with Crippen molar-refractivity contribution in [2.75, 3.05) is 32.8 Å². The molecular formula is C10H17F3N2O3. The highest BCUT2D eigenvalue weighted by Gasteiger charge is 2.36. The van der Waals surface area contributed by atoms with Gasteiger partial charge in [0, 0.05) is 25.0 Å². The second-order valence-electron chi connectivity index (χ2n) is 4.65. The van der Waals surface area contributed by atoms with E-state index in [-0.39, 0.29) is 26.2 Å². The number of aliphatic hydroxyl groups excluding tert-OH is 1. The molecule has 1 saturated heterocycles. The minimum atomic E-state index is -4.28. The number of carbonyl (C=O) groups is 1. The molecule has 3 N–H and O–H groups in total. The standard InChI is InChI=1S/C10H17F3N2O3/c11-10(12,13)6-14-5-9(7-16)1-3-15(4-2-9)8(17)18/h14,16H,1-7H2,(H,17,18). The smallest absolute Gasteiger partial charge is 0.407 e. The summed E-state index contributed by atoms with van der Waals surface area (Å²) in [4.78, 5) is 11.9. The molecule has 1 rings (SSSR count). The Morgan fingerprint density at radius 1 is 1.33 bits per heavy atom. The lowest BCUT2D eigenvalue weighted by Gasteiger charge is -2.39. The number of rotatable bonds is 4. The molecule has 0 saturated carbocycles. The van der Waals surface area contributed by atoms with E-state index in [1.807, 2.05) is 0 Å². The van der Waals surface area contributed by atoms with E-state index in [4.69, 9.17) is 5.11 Å². The van der Waals surface area contributed by atoms with Gasteiger partial charge in [-0.15, -0.1) is 0 Å². The number of piperidine rings is 1. The summed E-state index contributed by atoms with van der Waals surface area (Å²) >= 11 is 0. The van der Waals surface area contributed by atoms with E-state index in [2.05, 4.69) is 5.32 Å². The van der Waals surface area contributed by atoms with Gasteiger partial charge in [0.05, 0.1) is 13.2 Å². The average Bonchev–Trinajstić information content (AvgIpc) is 2.28. The maximum absolute atomic E-state index is 12.0. The second-order valence-corrected chi connectivity index (χ2v) is 4.65. The zero-order valence-corrected chi connectivity index (χ0v) is 9.83. The Balaban J connectivity index is 2.43. The first kappa shape index (κ1) is 15.0. The fourth-order valence-corrected chi connectivity index (χ4v) is 2.03. The summed E-state index contributed by atoms with van der Waals surface area (Å²) in [5.74, 6) is 0. The number of nitrogens with zero attached hydrogens (tertiary/aromatic N) is 1. The summed E-state index contributed by atoms with van der Waals surface area (Å²) in [5.41, 5.74) is -0.656. The van der Waals surface area contributed by atoms with E-state index >= 15 is 0 Å². The lowest BCUT2D eigenvalue weighted by molar-refractivity contribution is -0.126. The van der Waals surface area contributed by atoms with Crippen LogP contribution < -0.4 is 5.32 Å². The summed E-state index contributed by atoms with van der Waals surface area (Å²) in [6, 6.07) is 0. The molecule has 1 heterocycles. The summed E-state index contributed by atoms with van der Waals surface area (Å²) in [5, 5.41) is 20.4. The van der Waals surface area contributed by atoms with Crippen LogP contribution in [0.5, 0.6) is 0 Å². The van der Waals surface area contributed by atoms with Crippen LogP contribution in [0.15, 0.2) is 0 Å². The van der Waals surface area contributed by atoms with Gasteiger partial charge in [0.25, 0.3) is 0 Å². The molecule has 0 bridgehead atoms. The molecule has 18 heavy (non-hydrogen) atoms. The van der Waals surface area contributed by atoms with Gasteiger partial charge in [0.2, 0.25) is 0 Å². The normalized spacial score (nSPS) is 19.9. The molecule has 1 aliphatic heterocycles. The number of nitrogens with one attached hydrogen (secondary N) is 1. The molecule has 1 aliphatic rings. The molecule has 1 amide bonds. The van der Waals surface area contributed by atoms with Gasteiger partial charge >= 0.3 is 12.3 Å². The monoisotopic (exact) mass is 270 g/mol. The quantitative estimate of drug-likeness (QED) is 0.709. The summed E-state index contributed by atoms with van der Waals surface area (Å²) < 4.78 is 36.0. The van der Waals surface area contributed by atoms with E-state index < -0.39 is 24.2 Å². The van der Waals surface area contributed by atoms with Crippen molar-refractivity contribution in [3.63, 3.8) is 0 Å². The van der Waals surface area contributed by atoms with Crippen molar-refractivity contribution in [1.82, 2.24) is 10.2 Å². The summed E-state index contributed by atoms with van der Waals surface area (Å²) in [6.07, 6.45) is -4.59. The molecule has 0 aliphatic carbocycles. The third-order valence-electron chi connectivity index (χ3n) is 3.26. The molecule has 1 fully saturated rings. The molecule has 5 nitrogen and oxygen atoms in total. The van der Waals surface area contributed by atoms with E-state index in [9.17, 15) is 23.1 Å². The van der Waals surface area contributed by atoms with Gasteiger partial charge < -0.3 is 20.4 Å². The SMILES string of the molecule is O=C(O)N1CCC(CO)(CNCC(F)(F)F)CC1. The molecular weight excluding hydrogens is 253 g/mol. The number of alkyl halides is 3. The van der Waals surface area contributed by atoms with Crippen LogP contribution in [-0.2, 0) is 0 Å². The molecule has 0 aromatic carbocycles. The molecule has 0 aromatic heterocycles. The van der Waals surface area contributed by atoms with Gasteiger partial charge in [-0.05, 0) is 12.8 Å².